The van der Waals surface area contributed by atoms with Crippen molar-refractivity contribution in [2.45, 2.75) is 32.2 Å². The maximum Gasteiger partial charge on any atom is 0.228 e. The van der Waals surface area contributed by atoms with Gasteiger partial charge in [-0.1, -0.05) is 12.1 Å². The molecule has 6 nitrogen and oxygen atoms in total. The number of hydrogen-bond donors (Lipinski definition) is 2. The number of carbonyl (C=O) groups excluding carboxylic acids is 1. The average Bonchev–Trinajstić information content (AvgIpc) is 2.74. The summed E-state index contributed by atoms with van der Waals surface area (Å²) < 4.78 is 10.6. The van der Waals surface area contributed by atoms with Gasteiger partial charge in [0.05, 0.1) is 19.1 Å². The maximum atomic E-state index is 12.9. The Morgan fingerprint density at radius 1 is 1.13 bits per heavy atom. The fourth-order valence-electron chi connectivity index (χ4n) is 4.38. The summed E-state index contributed by atoms with van der Waals surface area (Å²) in [4.78, 5) is 15.4. The van der Waals surface area contributed by atoms with Crippen LogP contribution in [0.2, 0.25) is 0 Å². The Labute approximate surface area is 193 Å². The first-order valence-corrected chi connectivity index (χ1v) is 10.5. The summed E-state index contributed by atoms with van der Waals surface area (Å²) in [6.07, 6.45) is 3.98. The summed E-state index contributed by atoms with van der Waals surface area (Å²) >= 11 is 0. The molecule has 30 heavy (non-hydrogen) atoms. The predicted octanol–water partition coefficient (Wildman–Crippen LogP) is 2.88. The molecule has 1 amide bonds. The zero-order valence-electron chi connectivity index (χ0n) is 18.2. The van der Waals surface area contributed by atoms with E-state index in [0.29, 0.717) is 12.5 Å². The van der Waals surface area contributed by atoms with Gasteiger partial charge in [-0.25, -0.2) is 0 Å². The van der Waals surface area contributed by atoms with Gasteiger partial charge in [0.1, 0.15) is 5.75 Å². The Hall–Kier alpha value is -1.05. The summed E-state index contributed by atoms with van der Waals surface area (Å²) in [5.74, 6) is 1.65. The molecule has 172 valence electrons. The molecule has 2 N–H and O–H groups in total. The lowest BCUT2D eigenvalue weighted by atomic mass is 9.78. The van der Waals surface area contributed by atoms with Gasteiger partial charge in [0, 0.05) is 20.2 Å². The van der Waals surface area contributed by atoms with Crippen LogP contribution in [0.4, 0.5) is 0 Å². The van der Waals surface area contributed by atoms with Crippen LogP contribution in [0.1, 0.15) is 31.2 Å². The third kappa shape index (κ3) is 7.27. The first-order valence-electron chi connectivity index (χ1n) is 10.5. The second kappa shape index (κ2) is 13.4. The molecule has 0 bridgehead atoms. The second-order valence-corrected chi connectivity index (χ2v) is 8.24. The molecule has 0 aliphatic carbocycles. The smallest absolute Gasteiger partial charge is 0.228 e. The highest BCUT2D eigenvalue weighted by atomic mass is 35.5. The van der Waals surface area contributed by atoms with Crippen LogP contribution >= 0.6 is 24.8 Å². The minimum Gasteiger partial charge on any atom is -0.497 e. The fourth-order valence-corrected chi connectivity index (χ4v) is 4.38. The van der Waals surface area contributed by atoms with Crippen molar-refractivity contribution in [2.75, 3.05) is 53.6 Å². The van der Waals surface area contributed by atoms with Crippen LogP contribution < -0.4 is 15.4 Å². The van der Waals surface area contributed by atoms with Crippen molar-refractivity contribution in [3.8, 4) is 5.75 Å². The minimum absolute atomic E-state index is 0. The monoisotopic (exact) mass is 461 g/mol. The van der Waals surface area contributed by atoms with Crippen LogP contribution in [-0.4, -0.2) is 64.4 Å². The van der Waals surface area contributed by atoms with Gasteiger partial charge in [-0.3, -0.25) is 9.69 Å². The summed E-state index contributed by atoms with van der Waals surface area (Å²) in [6, 6.07) is 8.32. The van der Waals surface area contributed by atoms with Crippen LogP contribution in [-0.2, 0) is 16.1 Å². The molecule has 8 heteroatoms. The minimum atomic E-state index is -0.352. The van der Waals surface area contributed by atoms with Gasteiger partial charge < -0.3 is 20.1 Å². The van der Waals surface area contributed by atoms with Gasteiger partial charge in [-0.05, 0) is 75.5 Å². The molecular formula is C22H37Cl2N3O3. The number of nitrogens with zero attached hydrogens (tertiary/aromatic N) is 1. The Morgan fingerprint density at radius 3 is 2.33 bits per heavy atom. The molecule has 0 unspecified atom stereocenters. The molecule has 3 rings (SSSR count). The van der Waals surface area contributed by atoms with Crippen molar-refractivity contribution >= 4 is 30.7 Å². The van der Waals surface area contributed by atoms with Gasteiger partial charge in [-0.2, -0.15) is 0 Å². The quantitative estimate of drug-likeness (QED) is 0.622. The number of rotatable bonds is 8. The maximum absolute atomic E-state index is 12.9. The van der Waals surface area contributed by atoms with E-state index in [1.807, 2.05) is 12.1 Å². The van der Waals surface area contributed by atoms with Crippen molar-refractivity contribution in [1.82, 2.24) is 15.5 Å². The second-order valence-electron chi connectivity index (χ2n) is 8.24. The van der Waals surface area contributed by atoms with E-state index >= 15 is 0 Å². The lowest BCUT2D eigenvalue weighted by Crippen LogP contribution is -2.51. The van der Waals surface area contributed by atoms with Crippen molar-refractivity contribution in [2.24, 2.45) is 11.3 Å². The lowest BCUT2D eigenvalue weighted by Gasteiger charge is -2.37. The summed E-state index contributed by atoms with van der Waals surface area (Å²) in [5, 5.41) is 6.59. The van der Waals surface area contributed by atoms with E-state index in [9.17, 15) is 4.79 Å². The molecule has 2 aliphatic rings. The highest BCUT2D eigenvalue weighted by Gasteiger charge is 2.39. The fraction of sp³-hybridized carbons (Fsp3) is 0.682. The number of amides is 1. The van der Waals surface area contributed by atoms with Crippen LogP contribution in [0, 0.1) is 11.3 Å². The number of methoxy groups -OCH3 is 2. The molecule has 0 atom stereocenters. The van der Waals surface area contributed by atoms with Crippen LogP contribution in [0.15, 0.2) is 24.3 Å². The van der Waals surface area contributed by atoms with Crippen LogP contribution in [0.25, 0.3) is 0 Å². The lowest BCUT2D eigenvalue weighted by molar-refractivity contribution is -0.136. The van der Waals surface area contributed by atoms with E-state index in [4.69, 9.17) is 9.47 Å². The van der Waals surface area contributed by atoms with Gasteiger partial charge in [0.2, 0.25) is 5.91 Å². The Bertz CT molecular complexity index is 611. The number of nitrogens with one attached hydrogen (secondary N) is 2. The standard InChI is InChI=1S/C22H35N3O3.2ClH/c1-27-17-22(9-11-23-12-10-22)21(26)24-15-18-7-13-25(14-8-18)16-19-3-5-20(28-2)6-4-19;;/h3-6,18,23H,7-17H2,1-2H3,(H,24,26);2*1H. The van der Waals surface area contributed by atoms with E-state index < -0.39 is 0 Å². The molecule has 0 spiro atoms. The molecule has 2 aliphatic heterocycles. The predicted molar refractivity (Wildman–Crippen MR) is 125 cm³/mol. The number of benzene rings is 1. The molecule has 0 saturated carbocycles. The highest BCUT2D eigenvalue weighted by molar-refractivity contribution is 5.85. The Kier molecular flexibility index (Phi) is 12.0. The zero-order chi connectivity index (χ0) is 19.8. The Morgan fingerprint density at radius 2 is 1.77 bits per heavy atom. The summed E-state index contributed by atoms with van der Waals surface area (Å²) in [6.45, 7) is 6.22. The topological polar surface area (TPSA) is 62.8 Å². The van der Waals surface area contributed by atoms with Gasteiger partial charge in [0.25, 0.3) is 0 Å². The normalized spacial score (nSPS) is 19.3. The summed E-state index contributed by atoms with van der Waals surface area (Å²) in [7, 11) is 3.39. The van der Waals surface area contributed by atoms with Crippen molar-refractivity contribution in [1.29, 1.82) is 0 Å². The van der Waals surface area contributed by atoms with Crippen LogP contribution in [0.3, 0.4) is 0 Å². The number of carbonyl (C=O) groups is 1. The molecule has 2 fully saturated rings. The van der Waals surface area contributed by atoms with E-state index in [1.54, 1.807) is 14.2 Å². The van der Waals surface area contributed by atoms with E-state index in [-0.39, 0.29) is 36.1 Å². The Balaban J connectivity index is 0.00000225. The van der Waals surface area contributed by atoms with Crippen LogP contribution in [0.5, 0.6) is 5.75 Å². The first kappa shape index (κ1) is 27.0. The van der Waals surface area contributed by atoms with Gasteiger partial charge in [0.15, 0.2) is 0 Å². The van der Waals surface area contributed by atoms with E-state index in [2.05, 4.69) is 27.7 Å². The SMILES string of the molecule is COCC1(C(=O)NCC2CCN(Cc3ccc(OC)cc3)CC2)CCNCC1.Cl.Cl. The molecule has 2 heterocycles. The van der Waals surface area contributed by atoms with Crippen molar-refractivity contribution < 1.29 is 14.3 Å². The van der Waals surface area contributed by atoms with Crippen molar-refractivity contribution in [3.05, 3.63) is 29.8 Å². The third-order valence-corrected chi connectivity index (χ3v) is 6.29. The largest absolute Gasteiger partial charge is 0.497 e. The molecule has 2 saturated heterocycles. The first-order chi connectivity index (χ1) is 13.6. The number of hydrogen-bond acceptors (Lipinski definition) is 5. The third-order valence-electron chi connectivity index (χ3n) is 6.29. The molecule has 1 aromatic rings. The number of ether oxygens (including phenoxy) is 2. The zero-order valence-corrected chi connectivity index (χ0v) is 19.8. The van der Waals surface area contributed by atoms with Gasteiger partial charge >= 0.3 is 0 Å². The van der Waals surface area contributed by atoms with E-state index in [1.165, 1.54) is 5.56 Å². The number of piperidine rings is 2. The molecular weight excluding hydrogens is 425 g/mol. The van der Waals surface area contributed by atoms with Crippen molar-refractivity contribution in [3.63, 3.8) is 0 Å². The molecule has 0 aromatic heterocycles. The van der Waals surface area contributed by atoms with Gasteiger partial charge in [-0.15, -0.1) is 24.8 Å². The van der Waals surface area contributed by atoms with E-state index in [0.717, 1.165) is 70.7 Å². The molecule has 0 radical (unpaired) electrons. The summed E-state index contributed by atoms with van der Waals surface area (Å²) in [5.41, 5.74) is 0.967. The number of likely N-dealkylation sites (tertiary alicyclic amines) is 1. The highest BCUT2D eigenvalue weighted by Crippen LogP contribution is 2.29. The molecule has 1 aromatic carbocycles. The number of halogens is 2. The average molecular weight is 462 g/mol.